The molecule has 0 aliphatic carbocycles. The molecule has 218 valence electrons. The number of aromatic amines is 1. The van der Waals surface area contributed by atoms with Crippen molar-refractivity contribution in [1.82, 2.24) is 14.5 Å². The monoisotopic (exact) mass is 535 g/mol. The van der Waals surface area contributed by atoms with Crippen LogP contribution in [0.3, 0.4) is 0 Å². The van der Waals surface area contributed by atoms with Crippen LogP contribution in [0.2, 0.25) is 0 Å². The molecule has 9 heteroatoms. The van der Waals surface area contributed by atoms with E-state index in [2.05, 4.69) is 16.8 Å². The number of aliphatic hydroxyl groups is 1. The zero-order valence-electron chi connectivity index (χ0n) is 24.5. The minimum atomic E-state index is -0.435. The van der Waals surface area contributed by atoms with Crippen LogP contribution in [0.1, 0.15) is 110 Å². The van der Waals surface area contributed by atoms with Gasteiger partial charge in [-0.15, -0.1) is 0 Å². The standard InChI is InChI=1S/C29H53N5O4/c1-5-7-8-9-14-17-20-33(25(36)6-2)22-24(35)19-16-13-11-10-12-15-18-21-34-23-31(3)26-27(37)30-29(38)32(4)28(26)34/h24,35H,5-23H2,1-4H3,(H,30,37,38). The summed E-state index contributed by atoms with van der Waals surface area (Å²) in [4.78, 5) is 44.8. The van der Waals surface area contributed by atoms with E-state index in [0.717, 1.165) is 70.9 Å². The van der Waals surface area contributed by atoms with Crippen LogP contribution in [0.5, 0.6) is 0 Å². The van der Waals surface area contributed by atoms with Crippen molar-refractivity contribution in [2.24, 2.45) is 7.05 Å². The first kappa shape index (κ1) is 31.9. The third kappa shape index (κ3) is 10.1. The zero-order chi connectivity index (χ0) is 27.9. The summed E-state index contributed by atoms with van der Waals surface area (Å²) in [6.07, 6.45) is 15.7. The van der Waals surface area contributed by atoms with Crippen LogP contribution in [0, 0.1) is 0 Å². The Morgan fingerprint density at radius 3 is 2.18 bits per heavy atom. The molecular weight excluding hydrogens is 482 g/mol. The van der Waals surface area contributed by atoms with Crippen LogP contribution in [0.15, 0.2) is 9.59 Å². The van der Waals surface area contributed by atoms with Gasteiger partial charge in [0.25, 0.3) is 5.56 Å². The minimum absolute atomic E-state index is 0.149. The van der Waals surface area contributed by atoms with Gasteiger partial charge in [0.1, 0.15) is 11.5 Å². The van der Waals surface area contributed by atoms with E-state index in [1.807, 2.05) is 23.8 Å². The molecule has 9 nitrogen and oxygen atoms in total. The number of carbonyl (C=O) groups excluding carboxylic acids is 1. The van der Waals surface area contributed by atoms with Gasteiger partial charge in [0.2, 0.25) is 5.91 Å². The molecule has 0 saturated heterocycles. The van der Waals surface area contributed by atoms with Gasteiger partial charge in [-0.2, -0.15) is 0 Å². The Hall–Kier alpha value is -2.29. The van der Waals surface area contributed by atoms with E-state index in [1.165, 1.54) is 36.7 Å². The summed E-state index contributed by atoms with van der Waals surface area (Å²) in [7, 11) is 3.58. The molecule has 1 aromatic heterocycles. The van der Waals surface area contributed by atoms with Crippen LogP contribution >= 0.6 is 0 Å². The number of unbranched alkanes of at least 4 members (excludes halogenated alkanes) is 11. The average Bonchev–Trinajstić information content (AvgIpc) is 3.23. The number of hydrogen-bond donors (Lipinski definition) is 2. The molecule has 1 aliphatic rings. The fourth-order valence-electron chi connectivity index (χ4n) is 5.41. The Labute approximate surface area is 229 Å². The van der Waals surface area contributed by atoms with Crippen molar-refractivity contribution < 1.29 is 9.90 Å². The number of rotatable bonds is 20. The molecular formula is C29H53N5O4. The zero-order valence-corrected chi connectivity index (χ0v) is 24.5. The smallest absolute Gasteiger partial charge is 0.329 e. The molecule has 1 aromatic rings. The number of aliphatic hydroxyl groups excluding tert-OH is 1. The molecule has 0 aromatic carbocycles. The number of hydrogen-bond acceptors (Lipinski definition) is 6. The Morgan fingerprint density at radius 1 is 0.921 bits per heavy atom. The molecule has 0 saturated carbocycles. The number of H-pyrrole nitrogens is 1. The van der Waals surface area contributed by atoms with E-state index in [-0.39, 0.29) is 17.2 Å². The van der Waals surface area contributed by atoms with Crippen LogP contribution in [0.4, 0.5) is 11.5 Å². The Bertz CT molecular complexity index is 944. The summed E-state index contributed by atoms with van der Waals surface area (Å²) in [5.74, 6) is 0.863. The van der Waals surface area contributed by atoms with Gasteiger partial charge in [-0.25, -0.2) is 4.79 Å². The highest BCUT2D eigenvalue weighted by atomic mass is 16.3. The second-order valence-corrected chi connectivity index (χ2v) is 11.0. The molecule has 1 amide bonds. The van der Waals surface area contributed by atoms with Crippen LogP contribution in [-0.4, -0.2) is 64.9 Å². The van der Waals surface area contributed by atoms with E-state index in [4.69, 9.17) is 0 Å². The first-order chi connectivity index (χ1) is 18.3. The van der Waals surface area contributed by atoms with Gasteiger partial charge < -0.3 is 19.8 Å². The predicted molar refractivity (Wildman–Crippen MR) is 156 cm³/mol. The largest absolute Gasteiger partial charge is 0.391 e. The van der Waals surface area contributed by atoms with Crippen molar-refractivity contribution >= 4 is 17.4 Å². The maximum absolute atomic E-state index is 12.3. The molecule has 2 heterocycles. The van der Waals surface area contributed by atoms with Crippen LogP contribution in [0.25, 0.3) is 0 Å². The summed E-state index contributed by atoms with van der Waals surface area (Å²) in [5, 5.41) is 10.5. The second-order valence-electron chi connectivity index (χ2n) is 11.0. The summed E-state index contributed by atoms with van der Waals surface area (Å²) < 4.78 is 1.53. The minimum Gasteiger partial charge on any atom is -0.391 e. The number of nitrogens with zero attached hydrogens (tertiary/aromatic N) is 4. The predicted octanol–water partition coefficient (Wildman–Crippen LogP) is 4.37. The lowest BCUT2D eigenvalue weighted by atomic mass is 10.1. The molecule has 0 radical (unpaired) electrons. The fourth-order valence-corrected chi connectivity index (χ4v) is 5.41. The summed E-state index contributed by atoms with van der Waals surface area (Å²) >= 11 is 0. The van der Waals surface area contributed by atoms with Crippen LogP contribution in [-0.2, 0) is 11.8 Å². The number of anilines is 2. The van der Waals surface area contributed by atoms with Crippen molar-refractivity contribution in [3.63, 3.8) is 0 Å². The molecule has 1 aliphatic heterocycles. The van der Waals surface area contributed by atoms with E-state index in [9.17, 15) is 19.5 Å². The van der Waals surface area contributed by atoms with E-state index in [1.54, 1.807) is 7.05 Å². The lowest BCUT2D eigenvalue weighted by molar-refractivity contribution is -0.132. The van der Waals surface area contributed by atoms with E-state index >= 15 is 0 Å². The highest BCUT2D eigenvalue weighted by molar-refractivity contribution is 5.75. The van der Waals surface area contributed by atoms with Gasteiger partial charge in [-0.3, -0.25) is 19.1 Å². The Morgan fingerprint density at radius 2 is 1.53 bits per heavy atom. The van der Waals surface area contributed by atoms with Gasteiger partial charge in [0, 0.05) is 40.2 Å². The topological polar surface area (TPSA) is 102 Å². The molecule has 0 bridgehead atoms. The normalized spacial score (nSPS) is 13.7. The lowest BCUT2D eigenvalue weighted by Crippen LogP contribution is -2.37. The number of nitrogens with one attached hydrogen (secondary N) is 1. The van der Waals surface area contributed by atoms with Gasteiger partial charge in [0.15, 0.2) is 0 Å². The number of amides is 1. The van der Waals surface area contributed by atoms with E-state index in [0.29, 0.717) is 31.1 Å². The van der Waals surface area contributed by atoms with Gasteiger partial charge in [-0.1, -0.05) is 84.5 Å². The summed E-state index contributed by atoms with van der Waals surface area (Å²) in [5.41, 5.74) is -0.124. The molecule has 2 rings (SSSR count). The van der Waals surface area contributed by atoms with Crippen LogP contribution < -0.4 is 21.0 Å². The van der Waals surface area contributed by atoms with E-state index < -0.39 is 6.10 Å². The van der Waals surface area contributed by atoms with Crippen molar-refractivity contribution in [2.75, 3.05) is 43.2 Å². The first-order valence-corrected chi connectivity index (χ1v) is 15.0. The number of carbonyl (C=O) groups is 1. The third-order valence-electron chi connectivity index (χ3n) is 7.67. The van der Waals surface area contributed by atoms with Crippen molar-refractivity contribution in [3.8, 4) is 0 Å². The van der Waals surface area contributed by atoms with Crippen molar-refractivity contribution in [1.29, 1.82) is 0 Å². The first-order valence-electron chi connectivity index (χ1n) is 15.0. The van der Waals surface area contributed by atoms with Gasteiger partial charge in [-0.05, 0) is 19.3 Å². The Kier molecular flexibility index (Phi) is 14.6. The quantitative estimate of drug-likeness (QED) is 0.241. The SMILES string of the molecule is CCCCCCCCN(CC(O)CCCCCCCCCN1CN(C)c2c1n(C)c(=O)[nH]c2=O)C(=O)CC. The summed E-state index contributed by atoms with van der Waals surface area (Å²) in [6.45, 7) is 6.80. The highest BCUT2D eigenvalue weighted by Gasteiger charge is 2.29. The molecule has 0 spiro atoms. The van der Waals surface area contributed by atoms with Gasteiger partial charge in [0.05, 0.1) is 12.8 Å². The Balaban J connectivity index is 1.56. The maximum atomic E-state index is 12.3. The fraction of sp³-hybridized carbons (Fsp3) is 0.828. The number of aromatic nitrogens is 2. The van der Waals surface area contributed by atoms with Gasteiger partial charge >= 0.3 is 5.69 Å². The van der Waals surface area contributed by atoms with Crippen molar-refractivity contribution in [3.05, 3.63) is 20.8 Å². The van der Waals surface area contributed by atoms with Crippen molar-refractivity contribution in [2.45, 2.75) is 116 Å². The molecule has 1 atom stereocenters. The molecule has 1 unspecified atom stereocenters. The highest BCUT2D eigenvalue weighted by Crippen LogP contribution is 2.29. The molecule has 0 fully saturated rings. The average molecular weight is 536 g/mol. The maximum Gasteiger partial charge on any atom is 0.329 e. The third-order valence-corrected chi connectivity index (χ3v) is 7.67. The summed E-state index contributed by atoms with van der Waals surface area (Å²) in [6, 6.07) is 0. The second kappa shape index (κ2) is 17.3. The number of fused-ring (bicyclic) bond motifs is 1. The molecule has 2 N–H and O–H groups in total. The lowest BCUT2D eigenvalue weighted by Gasteiger charge is -2.25. The molecule has 38 heavy (non-hydrogen) atoms.